The van der Waals surface area contributed by atoms with Crippen molar-refractivity contribution in [3.05, 3.63) is 17.0 Å². The molecule has 7 nitrogen and oxygen atoms in total. The predicted molar refractivity (Wildman–Crippen MR) is 104 cm³/mol. The number of urea groups is 1. The summed E-state index contributed by atoms with van der Waals surface area (Å²) < 4.78 is 7.83. The van der Waals surface area contributed by atoms with Crippen LogP contribution in [0.25, 0.3) is 0 Å². The molecule has 7 heteroatoms. The van der Waals surface area contributed by atoms with Gasteiger partial charge in [-0.15, -0.1) is 0 Å². The fourth-order valence-corrected chi connectivity index (χ4v) is 4.65. The van der Waals surface area contributed by atoms with Gasteiger partial charge in [0.2, 0.25) is 0 Å². The SMILES string of the molecule is CCn1nc(CN2CCCN(C(=O)NC3CCCC3)CC2)c2c1CCOC2. The molecule has 2 aliphatic heterocycles. The van der Waals surface area contributed by atoms with E-state index < -0.39 is 0 Å². The summed E-state index contributed by atoms with van der Waals surface area (Å²) in [5, 5.41) is 8.09. The number of aryl methyl sites for hydroxylation is 1. The van der Waals surface area contributed by atoms with Crippen molar-refractivity contribution >= 4 is 6.03 Å². The standard InChI is InChI=1S/C20H33N5O2/c1-2-25-19-8-13-27-15-17(19)18(22-25)14-23-9-5-10-24(12-11-23)20(26)21-16-6-3-4-7-16/h16H,2-15H2,1H3,(H,21,26). The van der Waals surface area contributed by atoms with Gasteiger partial charge in [0.25, 0.3) is 0 Å². The minimum absolute atomic E-state index is 0.129. The summed E-state index contributed by atoms with van der Waals surface area (Å²) in [5.74, 6) is 0. The number of nitrogens with one attached hydrogen (secondary N) is 1. The van der Waals surface area contributed by atoms with Gasteiger partial charge in [0.1, 0.15) is 0 Å². The molecule has 0 bridgehead atoms. The molecule has 1 aliphatic carbocycles. The van der Waals surface area contributed by atoms with Crippen LogP contribution in [0.15, 0.2) is 0 Å². The van der Waals surface area contributed by atoms with E-state index in [0.29, 0.717) is 12.6 Å². The number of ether oxygens (including phenoxy) is 1. The highest BCUT2D eigenvalue weighted by Gasteiger charge is 2.25. The van der Waals surface area contributed by atoms with Gasteiger partial charge in [-0.3, -0.25) is 9.58 Å². The molecule has 1 saturated heterocycles. The number of amides is 2. The van der Waals surface area contributed by atoms with E-state index in [4.69, 9.17) is 9.84 Å². The molecule has 1 aromatic rings. The number of carbonyl (C=O) groups is 1. The summed E-state index contributed by atoms with van der Waals surface area (Å²) in [6.07, 6.45) is 6.75. The zero-order valence-corrected chi connectivity index (χ0v) is 16.6. The number of nitrogens with zero attached hydrogens (tertiary/aromatic N) is 4. The van der Waals surface area contributed by atoms with E-state index in [2.05, 4.69) is 21.8 Å². The number of fused-ring (bicyclic) bond motifs is 1. The minimum Gasteiger partial charge on any atom is -0.376 e. The lowest BCUT2D eigenvalue weighted by molar-refractivity contribution is 0.107. The van der Waals surface area contributed by atoms with Crippen LogP contribution in [-0.4, -0.2) is 64.4 Å². The zero-order chi connectivity index (χ0) is 18.6. The maximum absolute atomic E-state index is 12.6. The van der Waals surface area contributed by atoms with E-state index in [1.165, 1.54) is 24.1 Å². The molecule has 27 heavy (non-hydrogen) atoms. The molecule has 0 radical (unpaired) electrons. The molecule has 3 heterocycles. The van der Waals surface area contributed by atoms with Gasteiger partial charge in [-0.1, -0.05) is 12.8 Å². The Morgan fingerprint density at radius 1 is 1.19 bits per heavy atom. The van der Waals surface area contributed by atoms with Crippen molar-refractivity contribution in [1.29, 1.82) is 0 Å². The van der Waals surface area contributed by atoms with Crippen molar-refractivity contribution in [2.75, 3.05) is 32.8 Å². The molecule has 0 unspecified atom stereocenters. The normalized spacial score (nSPS) is 21.9. The molecule has 1 aromatic heterocycles. The lowest BCUT2D eigenvalue weighted by atomic mass is 10.1. The largest absolute Gasteiger partial charge is 0.376 e. The van der Waals surface area contributed by atoms with Crippen molar-refractivity contribution in [2.24, 2.45) is 0 Å². The summed E-state index contributed by atoms with van der Waals surface area (Å²) in [6, 6.07) is 0.520. The van der Waals surface area contributed by atoms with Crippen LogP contribution in [0.4, 0.5) is 4.79 Å². The van der Waals surface area contributed by atoms with Crippen LogP contribution in [0.2, 0.25) is 0 Å². The molecule has 0 atom stereocenters. The highest BCUT2D eigenvalue weighted by Crippen LogP contribution is 2.23. The van der Waals surface area contributed by atoms with Gasteiger partial charge in [0.05, 0.1) is 18.9 Å². The molecule has 4 rings (SSSR count). The summed E-state index contributed by atoms with van der Waals surface area (Å²) in [4.78, 5) is 17.0. The Labute approximate surface area is 162 Å². The summed E-state index contributed by atoms with van der Waals surface area (Å²) in [7, 11) is 0. The lowest BCUT2D eigenvalue weighted by Gasteiger charge is -2.24. The molecule has 1 saturated carbocycles. The number of hydrogen-bond donors (Lipinski definition) is 1. The smallest absolute Gasteiger partial charge is 0.317 e. The van der Waals surface area contributed by atoms with E-state index in [1.54, 1.807) is 0 Å². The third kappa shape index (κ3) is 4.29. The van der Waals surface area contributed by atoms with Crippen LogP contribution in [0.3, 0.4) is 0 Å². The maximum atomic E-state index is 12.6. The lowest BCUT2D eigenvalue weighted by Crippen LogP contribution is -2.45. The van der Waals surface area contributed by atoms with Gasteiger partial charge in [0.15, 0.2) is 0 Å². The maximum Gasteiger partial charge on any atom is 0.317 e. The van der Waals surface area contributed by atoms with Crippen LogP contribution in [0.1, 0.15) is 56.0 Å². The zero-order valence-electron chi connectivity index (χ0n) is 16.6. The van der Waals surface area contributed by atoms with E-state index in [9.17, 15) is 4.79 Å². The fraction of sp³-hybridized carbons (Fsp3) is 0.800. The van der Waals surface area contributed by atoms with Crippen molar-refractivity contribution in [1.82, 2.24) is 24.9 Å². The molecule has 2 fully saturated rings. The third-order valence-electron chi connectivity index (χ3n) is 6.21. The Hall–Kier alpha value is -1.60. The topological polar surface area (TPSA) is 62.6 Å². The van der Waals surface area contributed by atoms with Crippen LogP contribution in [-0.2, 0) is 30.9 Å². The van der Waals surface area contributed by atoms with Gasteiger partial charge in [-0.05, 0) is 26.2 Å². The average Bonchev–Trinajstić information content (AvgIpc) is 3.24. The molecule has 0 aromatic carbocycles. The Bertz CT molecular complexity index is 653. The van der Waals surface area contributed by atoms with Gasteiger partial charge < -0.3 is 15.0 Å². The van der Waals surface area contributed by atoms with Gasteiger partial charge in [0, 0.05) is 63.0 Å². The van der Waals surface area contributed by atoms with Crippen LogP contribution in [0, 0.1) is 0 Å². The first-order chi connectivity index (χ1) is 13.2. The second kappa shape index (κ2) is 8.61. The average molecular weight is 376 g/mol. The van der Waals surface area contributed by atoms with Crippen LogP contribution < -0.4 is 5.32 Å². The number of carbonyl (C=O) groups excluding carboxylic acids is 1. The number of aromatic nitrogens is 2. The van der Waals surface area contributed by atoms with Crippen molar-refractivity contribution in [3.63, 3.8) is 0 Å². The van der Waals surface area contributed by atoms with Gasteiger partial charge in [-0.25, -0.2) is 4.79 Å². The minimum atomic E-state index is 0.129. The van der Waals surface area contributed by atoms with E-state index in [1.807, 2.05) is 4.90 Å². The van der Waals surface area contributed by atoms with Crippen LogP contribution >= 0.6 is 0 Å². The first-order valence-electron chi connectivity index (χ1n) is 10.7. The Morgan fingerprint density at radius 2 is 2.04 bits per heavy atom. The second-order valence-electron chi connectivity index (χ2n) is 8.04. The highest BCUT2D eigenvalue weighted by molar-refractivity contribution is 5.74. The van der Waals surface area contributed by atoms with Gasteiger partial charge >= 0.3 is 6.03 Å². The van der Waals surface area contributed by atoms with Crippen molar-refractivity contribution in [3.8, 4) is 0 Å². The molecular formula is C20H33N5O2. The molecule has 1 N–H and O–H groups in total. The second-order valence-corrected chi connectivity index (χ2v) is 8.04. The summed E-state index contributed by atoms with van der Waals surface area (Å²) in [6.45, 7) is 8.98. The molecule has 0 spiro atoms. The van der Waals surface area contributed by atoms with Crippen molar-refractivity contribution < 1.29 is 9.53 Å². The Kier molecular flexibility index (Phi) is 5.98. The first-order valence-corrected chi connectivity index (χ1v) is 10.7. The first kappa shape index (κ1) is 18.7. The quantitative estimate of drug-likeness (QED) is 0.876. The van der Waals surface area contributed by atoms with Crippen LogP contribution in [0.5, 0.6) is 0 Å². The van der Waals surface area contributed by atoms with E-state index >= 15 is 0 Å². The Balaban J connectivity index is 1.35. The van der Waals surface area contributed by atoms with Crippen molar-refractivity contribution in [2.45, 2.75) is 71.2 Å². The Morgan fingerprint density at radius 3 is 2.85 bits per heavy atom. The van der Waals surface area contributed by atoms with Gasteiger partial charge in [-0.2, -0.15) is 5.10 Å². The summed E-state index contributed by atoms with van der Waals surface area (Å²) in [5.41, 5.74) is 3.81. The van der Waals surface area contributed by atoms with E-state index in [0.717, 1.165) is 77.3 Å². The molecule has 2 amide bonds. The predicted octanol–water partition coefficient (Wildman–Crippen LogP) is 2.14. The fourth-order valence-electron chi connectivity index (χ4n) is 4.65. The molecule has 150 valence electrons. The molecular weight excluding hydrogens is 342 g/mol. The monoisotopic (exact) mass is 375 g/mol. The number of rotatable bonds is 4. The highest BCUT2D eigenvalue weighted by atomic mass is 16.5. The number of hydrogen-bond acceptors (Lipinski definition) is 4. The molecule has 3 aliphatic rings. The van der Waals surface area contributed by atoms with E-state index in [-0.39, 0.29) is 6.03 Å². The third-order valence-corrected chi connectivity index (χ3v) is 6.21. The summed E-state index contributed by atoms with van der Waals surface area (Å²) >= 11 is 0.